The lowest BCUT2D eigenvalue weighted by molar-refractivity contribution is 0.0619. The van der Waals surface area contributed by atoms with Crippen molar-refractivity contribution in [3.05, 3.63) is 35.9 Å². The Morgan fingerprint density at radius 3 is 2.70 bits per heavy atom. The van der Waals surface area contributed by atoms with Gasteiger partial charge in [-0.2, -0.15) is 0 Å². The molecule has 0 aromatic heterocycles. The van der Waals surface area contributed by atoms with Gasteiger partial charge in [-0.25, -0.2) is 4.99 Å². The summed E-state index contributed by atoms with van der Waals surface area (Å²) < 4.78 is 10.6. The van der Waals surface area contributed by atoms with Crippen LogP contribution in [0.3, 0.4) is 0 Å². The first kappa shape index (κ1) is 17.8. The highest BCUT2D eigenvalue weighted by atomic mass is 16.5. The highest BCUT2D eigenvalue weighted by Gasteiger charge is 2.20. The average molecular weight is 319 g/mol. The van der Waals surface area contributed by atoms with Crippen LogP contribution in [0.2, 0.25) is 0 Å². The average Bonchev–Trinajstić information content (AvgIpc) is 2.56. The van der Waals surface area contributed by atoms with E-state index < -0.39 is 0 Å². The molecule has 128 valence electrons. The first-order valence-corrected chi connectivity index (χ1v) is 8.40. The minimum Gasteiger partial charge on any atom is -0.383 e. The van der Waals surface area contributed by atoms with Crippen molar-refractivity contribution < 1.29 is 9.47 Å². The minimum absolute atomic E-state index is 0.0848. The van der Waals surface area contributed by atoms with E-state index in [0.29, 0.717) is 18.5 Å². The highest BCUT2D eigenvalue weighted by Crippen LogP contribution is 2.30. The molecule has 2 atom stereocenters. The van der Waals surface area contributed by atoms with Crippen molar-refractivity contribution >= 4 is 5.96 Å². The number of guanidine groups is 1. The van der Waals surface area contributed by atoms with Gasteiger partial charge in [0.1, 0.15) is 0 Å². The van der Waals surface area contributed by atoms with Crippen LogP contribution in [0.25, 0.3) is 0 Å². The summed E-state index contributed by atoms with van der Waals surface area (Å²) in [6, 6.07) is 10.6. The zero-order chi connectivity index (χ0) is 16.5. The molecular weight excluding hydrogens is 290 g/mol. The molecule has 0 aliphatic carbocycles. The molecule has 5 nitrogen and oxygen atoms in total. The van der Waals surface area contributed by atoms with Crippen molar-refractivity contribution in [2.45, 2.75) is 38.3 Å². The molecule has 1 fully saturated rings. The van der Waals surface area contributed by atoms with E-state index in [-0.39, 0.29) is 12.1 Å². The van der Waals surface area contributed by atoms with Crippen molar-refractivity contribution in [2.75, 3.05) is 26.9 Å². The molecule has 1 saturated heterocycles. The number of hydrogen-bond donors (Lipinski definition) is 2. The third kappa shape index (κ3) is 6.20. The molecule has 0 saturated carbocycles. The van der Waals surface area contributed by atoms with Crippen LogP contribution < -0.4 is 11.1 Å². The highest BCUT2D eigenvalue weighted by molar-refractivity contribution is 5.78. The Morgan fingerprint density at radius 1 is 1.35 bits per heavy atom. The third-order valence-corrected chi connectivity index (χ3v) is 4.19. The fourth-order valence-electron chi connectivity index (χ4n) is 2.99. The summed E-state index contributed by atoms with van der Waals surface area (Å²) in [5, 5.41) is 3.20. The summed E-state index contributed by atoms with van der Waals surface area (Å²) in [6.07, 6.45) is 3.22. The van der Waals surface area contributed by atoms with Crippen molar-refractivity contribution in [1.29, 1.82) is 0 Å². The molecule has 3 N–H and O–H groups in total. The molecule has 0 spiro atoms. The molecule has 2 unspecified atom stereocenters. The summed E-state index contributed by atoms with van der Waals surface area (Å²) in [6.45, 7) is 4.34. The summed E-state index contributed by atoms with van der Waals surface area (Å²) in [4.78, 5) is 4.75. The van der Waals surface area contributed by atoms with Gasteiger partial charge in [-0.05, 0) is 37.7 Å². The van der Waals surface area contributed by atoms with E-state index in [0.717, 1.165) is 32.5 Å². The molecule has 1 aliphatic rings. The third-order valence-electron chi connectivity index (χ3n) is 4.19. The molecule has 1 aliphatic heterocycles. The van der Waals surface area contributed by atoms with Crippen molar-refractivity contribution in [3.8, 4) is 0 Å². The molecule has 0 amide bonds. The number of benzene rings is 1. The van der Waals surface area contributed by atoms with Crippen LogP contribution in [0.1, 0.15) is 37.8 Å². The number of ether oxygens (including phenoxy) is 2. The van der Waals surface area contributed by atoms with Gasteiger partial charge in [0.05, 0.1) is 12.6 Å². The van der Waals surface area contributed by atoms with Gasteiger partial charge in [0.25, 0.3) is 0 Å². The molecule has 1 heterocycles. The normalized spacial score (nSPS) is 19.3. The largest absolute Gasteiger partial charge is 0.383 e. The minimum atomic E-state index is 0.0848. The Hall–Kier alpha value is -1.59. The monoisotopic (exact) mass is 319 g/mol. The van der Waals surface area contributed by atoms with Crippen molar-refractivity contribution in [3.63, 3.8) is 0 Å². The summed E-state index contributed by atoms with van der Waals surface area (Å²) >= 11 is 0. The fraction of sp³-hybridized carbons (Fsp3) is 0.611. The van der Waals surface area contributed by atoms with Gasteiger partial charge in [0.15, 0.2) is 5.96 Å². The van der Waals surface area contributed by atoms with Gasteiger partial charge < -0.3 is 20.5 Å². The summed E-state index contributed by atoms with van der Waals surface area (Å²) in [7, 11) is 1.68. The Kier molecular flexibility index (Phi) is 7.36. The zero-order valence-electron chi connectivity index (χ0n) is 14.2. The molecular formula is C18H29N3O2. The van der Waals surface area contributed by atoms with E-state index in [2.05, 4.69) is 29.6 Å². The summed E-state index contributed by atoms with van der Waals surface area (Å²) in [5.74, 6) is 1.12. The smallest absolute Gasteiger partial charge is 0.189 e. The summed E-state index contributed by atoms with van der Waals surface area (Å²) in [5.41, 5.74) is 7.32. The van der Waals surface area contributed by atoms with Crippen LogP contribution in [0.15, 0.2) is 35.3 Å². The maximum Gasteiger partial charge on any atom is 0.189 e. The van der Waals surface area contributed by atoms with Crippen LogP contribution in [-0.2, 0) is 9.47 Å². The number of rotatable bonds is 7. The fourth-order valence-corrected chi connectivity index (χ4v) is 2.99. The maximum absolute atomic E-state index is 6.11. The zero-order valence-corrected chi connectivity index (χ0v) is 14.2. The van der Waals surface area contributed by atoms with Crippen LogP contribution in [0, 0.1) is 5.92 Å². The van der Waals surface area contributed by atoms with E-state index in [1.165, 1.54) is 5.56 Å². The van der Waals surface area contributed by atoms with E-state index in [9.17, 15) is 0 Å². The molecule has 5 heteroatoms. The van der Waals surface area contributed by atoms with Gasteiger partial charge in [-0.1, -0.05) is 30.3 Å². The predicted octanol–water partition coefficient (Wildman–Crippen LogP) is 2.48. The van der Waals surface area contributed by atoms with Crippen LogP contribution in [0.5, 0.6) is 0 Å². The number of hydrogen-bond acceptors (Lipinski definition) is 3. The van der Waals surface area contributed by atoms with Gasteiger partial charge in [0, 0.05) is 26.4 Å². The van der Waals surface area contributed by atoms with E-state index in [1.807, 2.05) is 13.0 Å². The molecule has 0 bridgehead atoms. The number of nitrogens with one attached hydrogen (secondary N) is 1. The second kappa shape index (κ2) is 9.53. The number of methoxy groups -OCH3 is 1. The first-order chi connectivity index (χ1) is 11.2. The quantitative estimate of drug-likeness (QED) is 0.598. The van der Waals surface area contributed by atoms with Crippen molar-refractivity contribution in [2.24, 2.45) is 16.6 Å². The second-order valence-electron chi connectivity index (χ2n) is 6.23. The number of nitrogens with two attached hydrogens (primary N) is 1. The van der Waals surface area contributed by atoms with Gasteiger partial charge in [-0.15, -0.1) is 0 Å². The number of aliphatic imine (C=N–C) groups is 1. The van der Waals surface area contributed by atoms with E-state index in [1.54, 1.807) is 7.11 Å². The Labute approximate surface area is 139 Å². The van der Waals surface area contributed by atoms with Crippen LogP contribution >= 0.6 is 0 Å². The molecule has 0 radical (unpaired) electrons. The van der Waals surface area contributed by atoms with Gasteiger partial charge in [0.2, 0.25) is 0 Å². The second-order valence-corrected chi connectivity index (χ2v) is 6.23. The van der Waals surface area contributed by atoms with E-state index in [4.69, 9.17) is 20.2 Å². The Bertz CT molecular complexity index is 472. The molecule has 23 heavy (non-hydrogen) atoms. The van der Waals surface area contributed by atoms with Gasteiger partial charge in [-0.3, -0.25) is 0 Å². The predicted molar refractivity (Wildman–Crippen MR) is 93.4 cm³/mol. The first-order valence-electron chi connectivity index (χ1n) is 8.40. The lowest BCUT2D eigenvalue weighted by atomic mass is 9.90. The van der Waals surface area contributed by atoms with Crippen LogP contribution in [0.4, 0.5) is 0 Å². The van der Waals surface area contributed by atoms with E-state index >= 15 is 0 Å². The number of nitrogens with zero attached hydrogens (tertiary/aromatic N) is 1. The lowest BCUT2D eigenvalue weighted by Crippen LogP contribution is -2.41. The molecule has 2 rings (SSSR count). The molecule has 1 aromatic carbocycles. The SMILES string of the molecule is COCC(C)NC(N)=NC(CC1CCOCC1)c1ccccc1. The molecule has 1 aromatic rings. The Balaban J connectivity index is 2.06. The lowest BCUT2D eigenvalue weighted by Gasteiger charge is -2.25. The van der Waals surface area contributed by atoms with Crippen molar-refractivity contribution in [1.82, 2.24) is 5.32 Å². The maximum atomic E-state index is 6.11. The van der Waals surface area contributed by atoms with Gasteiger partial charge >= 0.3 is 0 Å². The van der Waals surface area contributed by atoms with Crippen LogP contribution in [-0.4, -0.2) is 38.9 Å². The standard InChI is InChI=1S/C18H29N3O2/c1-14(13-22-2)20-18(19)21-17(16-6-4-3-5-7-16)12-15-8-10-23-11-9-15/h3-7,14-15,17H,8-13H2,1-2H3,(H3,19,20,21). The topological polar surface area (TPSA) is 68.9 Å². The Morgan fingerprint density at radius 2 is 2.04 bits per heavy atom.